The number of aliphatic hydroxyl groups excluding tert-OH is 1. The Labute approximate surface area is 98.3 Å². The van der Waals surface area contributed by atoms with Crippen molar-refractivity contribution in [2.45, 2.75) is 52.7 Å². The second kappa shape index (κ2) is 5.90. The molecule has 1 rings (SSSR count). The molecule has 90 valence electrons. The third-order valence-corrected chi connectivity index (χ3v) is 2.64. The van der Waals surface area contributed by atoms with Gasteiger partial charge in [-0.15, -0.1) is 0 Å². The molecule has 1 unspecified atom stereocenters. The van der Waals surface area contributed by atoms with Crippen LogP contribution in [-0.2, 0) is 0 Å². The van der Waals surface area contributed by atoms with Gasteiger partial charge in [-0.2, -0.15) is 0 Å². The summed E-state index contributed by atoms with van der Waals surface area (Å²) >= 11 is 0. The van der Waals surface area contributed by atoms with Crippen molar-refractivity contribution in [3.8, 4) is 5.75 Å². The van der Waals surface area contributed by atoms with Gasteiger partial charge in [-0.05, 0) is 39.3 Å². The highest BCUT2D eigenvalue weighted by molar-refractivity contribution is 5.38. The zero-order chi connectivity index (χ0) is 12.1. The van der Waals surface area contributed by atoms with Crippen LogP contribution in [0, 0.1) is 6.92 Å². The molecule has 0 aliphatic carbocycles. The molecule has 0 amide bonds. The van der Waals surface area contributed by atoms with Crippen LogP contribution in [0.15, 0.2) is 18.2 Å². The summed E-state index contributed by atoms with van der Waals surface area (Å²) in [5, 5.41) is 9.69. The molecule has 1 aromatic rings. The van der Waals surface area contributed by atoms with E-state index < -0.39 is 6.10 Å². The van der Waals surface area contributed by atoms with Crippen LogP contribution in [0.2, 0.25) is 0 Å². The topological polar surface area (TPSA) is 29.5 Å². The highest BCUT2D eigenvalue weighted by Gasteiger charge is 2.11. The molecular weight excluding hydrogens is 200 g/mol. The number of hydrogen-bond donors (Lipinski definition) is 1. The predicted octanol–water partition coefficient (Wildman–Crippen LogP) is 3.62. The van der Waals surface area contributed by atoms with Crippen molar-refractivity contribution in [3.05, 3.63) is 29.3 Å². The molecular formula is C14H22O2. The second-order valence-corrected chi connectivity index (χ2v) is 4.43. The van der Waals surface area contributed by atoms with Gasteiger partial charge >= 0.3 is 0 Å². The Balaban J connectivity index is 2.86. The van der Waals surface area contributed by atoms with Crippen LogP contribution in [0.4, 0.5) is 0 Å². The van der Waals surface area contributed by atoms with E-state index in [2.05, 4.69) is 13.8 Å². The molecule has 2 atom stereocenters. The molecule has 0 spiro atoms. The molecule has 0 aliphatic heterocycles. The van der Waals surface area contributed by atoms with Crippen LogP contribution in [0.1, 0.15) is 50.8 Å². The van der Waals surface area contributed by atoms with Gasteiger partial charge in [0, 0.05) is 5.56 Å². The number of rotatable bonds is 5. The molecule has 0 aliphatic rings. The number of aliphatic hydroxyl groups is 1. The van der Waals surface area contributed by atoms with Gasteiger partial charge in [0.1, 0.15) is 5.75 Å². The molecule has 2 nitrogen and oxygen atoms in total. The third-order valence-electron chi connectivity index (χ3n) is 2.64. The summed E-state index contributed by atoms with van der Waals surface area (Å²) in [4.78, 5) is 0. The van der Waals surface area contributed by atoms with E-state index >= 15 is 0 Å². The minimum atomic E-state index is -0.483. The lowest BCUT2D eigenvalue weighted by Crippen LogP contribution is -2.13. The fourth-order valence-corrected chi connectivity index (χ4v) is 1.78. The lowest BCUT2D eigenvalue weighted by Gasteiger charge is -2.18. The first-order chi connectivity index (χ1) is 7.54. The van der Waals surface area contributed by atoms with Gasteiger partial charge in [0.05, 0.1) is 12.2 Å². The average molecular weight is 222 g/mol. The van der Waals surface area contributed by atoms with Gasteiger partial charge in [0.2, 0.25) is 0 Å². The Morgan fingerprint density at radius 1 is 1.31 bits per heavy atom. The van der Waals surface area contributed by atoms with Crippen LogP contribution in [-0.4, -0.2) is 11.2 Å². The van der Waals surface area contributed by atoms with Crippen molar-refractivity contribution in [2.75, 3.05) is 0 Å². The summed E-state index contributed by atoms with van der Waals surface area (Å²) in [5.41, 5.74) is 2.02. The number of hydrogen-bond acceptors (Lipinski definition) is 2. The normalized spacial score (nSPS) is 14.6. The van der Waals surface area contributed by atoms with E-state index in [4.69, 9.17) is 4.74 Å². The van der Waals surface area contributed by atoms with E-state index in [1.165, 1.54) is 0 Å². The number of ether oxygens (including phenoxy) is 1. The first-order valence-electron chi connectivity index (χ1n) is 5.99. The molecule has 16 heavy (non-hydrogen) atoms. The van der Waals surface area contributed by atoms with Crippen molar-refractivity contribution in [2.24, 2.45) is 0 Å². The fraction of sp³-hybridized carbons (Fsp3) is 0.571. The highest BCUT2D eigenvalue weighted by Crippen LogP contribution is 2.27. The molecule has 0 heterocycles. The van der Waals surface area contributed by atoms with E-state index in [1.54, 1.807) is 6.92 Å². The molecule has 0 saturated heterocycles. The Morgan fingerprint density at radius 3 is 2.56 bits per heavy atom. The van der Waals surface area contributed by atoms with Crippen LogP contribution in [0.25, 0.3) is 0 Å². The van der Waals surface area contributed by atoms with Crippen molar-refractivity contribution in [3.63, 3.8) is 0 Å². The highest BCUT2D eigenvalue weighted by atomic mass is 16.5. The SMILES string of the molecule is CCCC(C)Oc1ccc(C)cc1[C@@H](C)O. The molecule has 1 N–H and O–H groups in total. The fourth-order valence-electron chi connectivity index (χ4n) is 1.78. The summed E-state index contributed by atoms with van der Waals surface area (Å²) in [6, 6.07) is 5.95. The molecule has 1 aromatic carbocycles. The maximum absolute atomic E-state index is 9.69. The Bertz CT molecular complexity index is 332. The molecule has 0 saturated carbocycles. The average Bonchev–Trinajstić information content (AvgIpc) is 2.20. The monoisotopic (exact) mass is 222 g/mol. The van der Waals surface area contributed by atoms with E-state index in [0.29, 0.717) is 0 Å². The number of benzene rings is 1. The summed E-state index contributed by atoms with van der Waals surface area (Å²) in [7, 11) is 0. The van der Waals surface area contributed by atoms with E-state index in [-0.39, 0.29) is 6.10 Å². The van der Waals surface area contributed by atoms with Crippen molar-refractivity contribution < 1.29 is 9.84 Å². The Morgan fingerprint density at radius 2 is 2.00 bits per heavy atom. The van der Waals surface area contributed by atoms with Gasteiger partial charge in [0.25, 0.3) is 0 Å². The minimum Gasteiger partial charge on any atom is -0.490 e. The summed E-state index contributed by atoms with van der Waals surface area (Å²) in [6.45, 7) is 8.00. The lowest BCUT2D eigenvalue weighted by atomic mass is 10.1. The third kappa shape index (κ3) is 3.53. The molecule has 0 aromatic heterocycles. The maximum atomic E-state index is 9.69. The predicted molar refractivity (Wildman–Crippen MR) is 66.8 cm³/mol. The van der Waals surface area contributed by atoms with Gasteiger partial charge in [-0.3, -0.25) is 0 Å². The molecule has 0 radical (unpaired) electrons. The van der Waals surface area contributed by atoms with E-state index in [1.807, 2.05) is 25.1 Å². The first kappa shape index (κ1) is 13.0. The smallest absolute Gasteiger partial charge is 0.125 e. The molecule has 2 heteroatoms. The zero-order valence-corrected chi connectivity index (χ0v) is 10.7. The van der Waals surface area contributed by atoms with E-state index in [9.17, 15) is 5.11 Å². The summed E-state index contributed by atoms with van der Waals surface area (Å²) in [6.07, 6.45) is 1.86. The summed E-state index contributed by atoms with van der Waals surface area (Å²) < 4.78 is 5.84. The van der Waals surface area contributed by atoms with Crippen molar-refractivity contribution in [1.29, 1.82) is 0 Å². The largest absolute Gasteiger partial charge is 0.490 e. The standard InChI is InChI=1S/C14H22O2/c1-5-6-11(3)16-14-8-7-10(2)9-13(14)12(4)15/h7-9,11-12,15H,5-6H2,1-4H3/t11?,12-/m1/s1. The van der Waals surface area contributed by atoms with Crippen molar-refractivity contribution >= 4 is 0 Å². The first-order valence-corrected chi connectivity index (χ1v) is 5.99. The quantitative estimate of drug-likeness (QED) is 0.824. The van der Waals surface area contributed by atoms with E-state index in [0.717, 1.165) is 29.7 Å². The zero-order valence-electron chi connectivity index (χ0n) is 10.7. The number of aryl methyl sites for hydroxylation is 1. The molecule has 0 fully saturated rings. The van der Waals surface area contributed by atoms with Gasteiger partial charge in [-0.1, -0.05) is 25.0 Å². The lowest BCUT2D eigenvalue weighted by molar-refractivity contribution is 0.174. The summed E-state index contributed by atoms with van der Waals surface area (Å²) in [5.74, 6) is 0.807. The molecule has 0 bridgehead atoms. The second-order valence-electron chi connectivity index (χ2n) is 4.43. The van der Waals surface area contributed by atoms with Crippen molar-refractivity contribution in [1.82, 2.24) is 0 Å². The van der Waals surface area contributed by atoms with Gasteiger partial charge < -0.3 is 9.84 Å². The van der Waals surface area contributed by atoms with Crippen LogP contribution in [0.3, 0.4) is 0 Å². The Kier molecular flexibility index (Phi) is 4.81. The minimum absolute atomic E-state index is 0.199. The van der Waals surface area contributed by atoms with Crippen LogP contribution >= 0.6 is 0 Å². The van der Waals surface area contributed by atoms with Crippen LogP contribution in [0.5, 0.6) is 5.75 Å². The van der Waals surface area contributed by atoms with Gasteiger partial charge in [0.15, 0.2) is 0 Å². The maximum Gasteiger partial charge on any atom is 0.125 e. The van der Waals surface area contributed by atoms with Crippen LogP contribution < -0.4 is 4.74 Å². The van der Waals surface area contributed by atoms with Gasteiger partial charge in [-0.25, -0.2) is 0 Å². The Hall–Kier alpha value is -1.02.